The molecule has 0 radical (unpaired) electrons. The molecule has 0 atom stereocenters. The molecule has 0 saturated heterocycles. The molecule has 0 aromatic heterocycles. The second kappa shape index (κ2) is 7.84. The molecule has 22 heavy (non-hydrogen) atoms. The third kappa shape index (κ3) is 4.35. The summed E-state index contributed by atoms with van der Waals surface area (Å²) in [6.45, 7) is 2.87. The van der Waals surface area contributed by atoms with E-state index in [1.165, 1.54) is 0 Å². The van der Waals surface area contributed by atoms with Crippen LogP contribution >= 0.6 is 0 Å². The lowest BCUT2D eigenvalue weighted by molar-refractivity contribution is -0.141. The van der Waals surface area contributed by atoms with Crippen molar-refractivity contribution >= 4 is 11.7 Å². The van der Waals surface area contributed by atoms with Gasteiger partial charge in [0, 0.05) is 12.2 Å². The zero-order chi connectivity index (χ0) is 15.8. The van der Waals surface area contributed by atoms with E-state index in [9.17, 15) is 4.79 Å². The highest BCUT2D eigenvalue weighted by molar-refractivity contribution is 5.76. The molecular formula is C18H18N2O2. The Labute approximate surface area is 130 Å². The van der Waals surface area contributed by atoms with Crippen molar-refractivity contribution in [2.75, 3.05) is 18.1 Å². The Bertz CT molecular complexity index is 662. The van der Waals surface area contributed by atoms with Crippen molar-refractivity contribution in [3.8, 4) is 6.07 Å². The monoisotopic (exact) mass is 294 g/mol. The molecule has 2 aromatic rings. The smallest absolute Gasteiger partial charge is 0.325 e. The number of anilines is 1. The van der Waals surface area contributed by atoms with Gasteiger partial charge in [-0.1, -0.05) is 36.4 Å². The van der Waals surface area contributed by atoms with Crippen LogP contribution < -0.4 is 4.90 Å². The van der Waals surface area contributed by atoms with Crippen molar-refractivity contribution in [2.45, 2.75) is 13.5 Å². The molecule has 0 aliphatic carbocycles. The van der Waals surface area contributed by atoms with Crippen molar-refractivity contribution in [3.63, 3.8) is 0 Å². The number of ether oxygens (including phenoxy) is 1. The number of benzene rings is 2. The van der Waals surface area contributed by atoms with E-state index in [2.05, 4.69) is 6.07 Å². The third-order valence-corrected chi connectivity index (χ3v) is 3.18. The molecule has 4 nitrogen and oxygen atoms in total. The fourth-order valence-electron chi connectivity index (χ4n) is 2.18. The second-order valence-electron chi connectivity index (χ2n) is 4.81. The Morgan fingerprint density at radius 3 is 2.64 bits per heavy atom. The van der Waals surface area contributed by atoms with Crippen molar-refractivity contribution in [2.24, 2.45) is 0 Å². The molecule has 0 heterocycles. The van der Waals surface area contributed by atoms with Gasteiger partial charge in [-0.3, -0.25) is 4.79 Å². The predicted molar refractivity (Wildman–Crippen MR) is 85.3 cm³/mol. The standard InChI is InChI=1S/C18H18N2O2/c1-2-22-18(21)14-20(13-15-7-4-3-5-8-15)17-10-6-9-16(11-17)12-19/h3-11H,2,13-14H2,1H3. The van der Waals surface area contributed by atoms with Gasteiger partial charge in [0.25, 0.3) is 0 Å². The highest BCUT2D eigenvalue weighted by Crippen LogP contribution is 2.18. The molecule has 0 aliphatic heterocycles. The largest absolute Gasteiger partial charge is 0.465 e. The number of hydrogen-bond acceptors (Lipinski definition) is 4. The highest BCUT2D eigenvalue weighted by atomic mass is 16.5. The first-order valence-electron chi connectivity index (χ1n) is 7.17. The summed E-state index contributed by atoms with van der Waals surface area (Å²) in [5.41, 5.74) is 2.49. The van der Waals surface area contributed by atoms with E-state index in [1.54, 1.807) is 19.1 Å². The molecule has 0 amide bonds. The lowest BCUT2D eigenvalue weighted by atomic mass is 10.1. The minimum atomic E-state index is -0.277. The first-order chi connectivity index (χ1) is 10.7. The lowest BCUT2D eigenvalue weighted by Gasteiger charge is -2.24. The number of rotatable bonds is 6. The number of nitriles is 1. The minimum Gasteiger partial charge on any atom is -0.465 e. The van der Waals surface area contributed by atoms with Crippen LogP contribution in [0.5, 0.6) is 0 Å². The maximum Gasteiger partial charge on any atom is 0.325 e. The molecule has 0 saturated carbocycles. The Hall–Kier alpha value is -2.80. The second-order valence-corrected chi connectivity index (χ2v) is 4.81. The fraction of sp³-hybridized carbons (Fsp3) is 0.222. The topological polar surface area (TPSA) is 53.3 Å². The zero-order valence-corrected chi connectivity index (χ0v) is 12.5. The van der Waals surface area contributed by atoms with Crippen LogP contribution in [0.25, 0.3) is 0 Å². The van der Waals surface area contributed by atoms with E-state index < -0.39 is 0 Å². The van der Waals surface area contributed by atoms with Crippen molar-refractivity contribution in [1.29, 1.82) is 5.26 Å². The van der Waals surface area contributed by atoms with Crippen molar-refractivity contribution in [1.82, 2.24) is 0 Å². The van der Waals surface area contributed by atoms with Crippen LogP contribution in [0.1, 0.15) is 18.1 Å². The van der Waals surface area contributed by atoms with E-state index in [4.69, 9.17) is 10.00 Å². The molecule has 0 N–H and O–H groups in total. The third-order valence-electron chi connectivity index (χ3n) is 3.18. The van der Waals surface area contributed by atoms with Crippen LogP contribution in [0.2, 0.25) is 0 Å². The Morgan fingerprint density at radius 1 is 1.18 bits per heavy atom. The SMILES string of the molecule is CCOC(=O)CN(Cc1ccccc1)c1cccc(C#N)c1. The van der Waals surface area contributed by atoms with Gasteiger partial charge in [0.05, 0.1) is 18.2 Å². The lowest BCUT2D eigenvalue weighted by Crippen LogP contribution is -2.30. The Balaban J connectivity index is 2.24. The van der Waals surface area contributed by atoms with Gasteiger partial charge in [-0.2, -0.15) is 5.26 Å². The van der Waals surface area contributed by atoms with Gasteiger partial charge in [-0.15, -0.1) is 0 Å². The maximum atomic E-state index is 11.8. The highest BCUT2D eigenvalue weighted by Gasteiger charge is 2.13. The number of carbonyl (C=O) groups is 1. The van der Waals surface area contributed by atoms with Crippen LogP contribution in [-0.4, -0.2) is 19.1 Å². The maximum absolute atomic E-state index is 11.8. The molecule has 0 unspecified atom stereocenters. The van der Waals surface area contributed by atoms with E-state index in [0.717, 1.165) is 11.3 Å². The van der Waals surface area contributed by atoms with E-state index >= 15 is 0 Å². The van der Waals surface area contributed by atoms with Crippen LogP contribution in [-0.2, 0) is 16.1 Å². The number of carbonyl (C=O) groups excluding carboxylic acids is 1. The molecule has 4 heteroatoms. The Kier molecular flexibility index (Phi) is 5.56. The van der Waals surface area contributed by atoms with Gasteiger partial charge in [-0.25, -0.2) is 0 Å². The van der Waals surface area contributed by atoms with Crippen molar-refractivity contribution in [3.05, 3.63) is 65.7 Å². The molecule has 0 bridgehead atoms. The van der Waals surface area contributed by atoms with Gasteiger partial charge < -0.3 is 9.64 Å². The van der Waals surface area contributed by atoms with Crippen LogP contribution in [0.3, 0.4) is 0 Å². The van der Waals surface area contributed by atoms with Gasteiger partial charge in [0.1, 0.15) is 6.54 Å². The van der Waals surface area contributed by atoms with Gasteiger partial charge in [0.2, 0.25) is 0 Å². The zero-order valence-electron chi connectivity index (χ0n) is 12.5. The van der Waals surface area contributed by atoms with Crippen LogP contribution in [0.15, 0.2) is 54.6 Å². The molecule has 2 aromatic carbocycles. The van der Waals surface area contributed by atoms with E-state index in [-0.39, 0.29) is 12.5 Å². The fourth-order valence-corrected chi connectivity index (χ4v) is 2.18. The summed E-state index contributed by atoms with van der Waals surface area (Å²) < 4.78 is 5.04. The average molecular weight is 294 g/mol. The van der Waals surface area contributed by atoms with Crippen LogP contribution in [0.4, 0.5) is 5.69 Å². The number of hydrogen-bond donors (Lipinski definition) is 0. The molecule has 0 aliphatic rings. The minimum absolute atomic E-state index is 0.150. The summed E-state index contributed by atoms with van der Waals surface area (Å²) in [4.78, 5) is 13.8. The summed E-state index contributed by atoms with van der Waals surface area (Å²) >= 11 is 0. The molecule has 0 fully saturated rings. The van der Waals surface area contributed by atoms with Gasteiger partial charge in [-0.05, 0) is 30.7 Å². The van der Waals surface area contributed by atoms with E-state index in [1.807, 2.05) is 47.4 Å². The number of esters is 1. The molecular weight excluding hydrogens is 276 g/mol. The van der Waals surface area contributed by atoms with Crippen molar-refractivity contribution < 1.29 is 9.53 Å². The van der Waals surface area contributed by atoms with Crippen LogP contribution in [0, 0.1) is 11.3 Å². The average Bonchev–Trinajstić information content (AvgIpc) is 2.55. The summed E-state index contributed by atoms with van der Waals surface area (Å²) in [5, 5.41) is 9.04. The summed E-state index contributed by atoms with van der Waals surface area (Å²) in [5.74, 6) is -0.277. The summed E-state index contributed by atoms with van der Waals surface area (Å²) in [6.07, 6.45) is 0. The molecule has 0 spiro atoms. The van der Waals surface area contributed by atoms with E-state index in [0.29, 0.717) is 18.7 Å². The first-order valence-corrected chi connectivity index (χ1v) is 7.17. The molecule has 112 valence electrons. The number of nitrogens with zero attached hydrogens (tertiary/aromatic N) is 2. The Morgan fingerprint density at radius 2 is 1.95 bits per heavy atom. The summed E-state index contributed by atoms with van der Waals surface area (Å²) in [6, 6.07) is 19.2. The quantitative estimate of drug-likeness (QED) is 0.768. The van der Waals surface area contributed by atoms with Gasteiger partial charge >= 0.3 is 5.97 Å². The normalized spacial score (nSPS) is 9.82. The first kappa shape index (κ1) is 15.6. The van der Waals surface area contributed by atoms with Gasteiger partial charge in [0.15, 0.2) is 0 Å². The predicted octanol–water partition coefficient (Wildman–Crippen LogP) is 3.13. The summed E-state index contributed by atoms with van der Waals surface area (Å²) in [7, 11) is 0. The molecule has 2 rings (SSSR count).